The van der Waals surface area contributed by atoms with Crippen LogP contribution in [0.5, 0.6) is 0 Å². The van der Waals surface area contributed by atoms with E-state index in [1.165, 1.54) is 6.42 Å². The first-order chi connectivity index (χ1) is 13.0. The van der Waals surface area contributed by atoms with Gasteiger partial charge in [0, 0.05) is 12.3 Å². The van der Waals surface area contributed by atoms with Gasteiger partial charge in [0.05, 0.1) is 32.8 Å². The highest BCUT2D eigenvalue weighted by molar-refractivity contribution is 5.81. The van der Waals surface area contributed by atoms with E-state index in [-0.39, 0.29) is 18.3 Å². The molecule has 0 saturated heterocycles. The quantitative estimate of drug-likeness (QED) is 0.358. The lowest BCUT2D eigenvalue weighted by Crippen LogP contribution is -3.00. The summed E-state index contributed by atoms with van der Waals surface area (Å²) in [5.74, 6) is -0.527. The average molecular weight is 412 g/mol. The summed E-state index contributed by atoms with van der Waals surface area (Å²) in [6, 6.07) is 9.37. The zero-order valence-electron chi connectivity index (χ0n) is 17.8. The Kier molecular flexibility index (Phi) is 10.5. The van der Waals surface area contributed by atoms with Crippen molar-refractivity contribution in [3.63, 3.8) is 0 Å². The minimum absolute atomic E-state index is 0. The largest absolute Gasteiger partial charge is 1.00 e. The second-order valence-electron chi connectivity index (χ2n) is 7.97. The van der Waals surface area contributed by atoms with E-state index in [0.717, 1.165) is 62.8 Å². The van der Waals surface area contributed by atoms with Crippen LogP contribution in [0.15, 0.2) is 30.3 Å². The molecule has 1 unspecified atom stereocenters. The number of ether oxygens (including phenoxy) is 1. The van der Waals surface area contributed by atoms with Crippen LogP contribution in [0.25, 0.3) is 0 Å². The van der Waals surface area contributed by atoms with Gasteiger partial charge in [-0.15, -0.1) is 0 Å². The molecule has 0 aromatic heterocycles. The smallest absolute Gasteiger partial charge is 0.343 e. The van der Waals surface area contributed by atoms with Crippen molar-refractivity contribution in [2.75, 3.05) is 32.8 Å². The molecule has 0 spiro atoms. The van der Waals surface area contributed by atoms with Crippen LogP contribution in [-0.2, 0) is 15.1 Å². The van der Waals surface area contributed by atoms with Crippen LogP contribution in [-0.4, -0.2) is 48.3 Å². The van der Waals surface area contributed by atoms with Crippen molar-refractivity contribution >= 4 is 5.97 Å². The van der Waals surface area contributed by atoms with Crippen LogP contribution in [0.4, 0.5) is 0 Å². The van der Waals surface area contributed by atoms with Gasteiger partial charge in [-0.2, -0.15) is 0 Å². The minimum atomic E-state index is -1.52. The third kappa shape index (κ3) is 5.71. The molecule has 1 aliphatic carbocycles. The molecule has 0 heterocycles. The van der Waals surface area contributed by atoms with E-state index in [1.807, 2.05) is 30.3 Å². The molecule has 1 aliphatic rings. The molecule has 2 rings (SSSR count). The number of esters is 1. The summed E-state index contributed by atoms with van der Waals surface area (Å²) < 4.78 is 6.69. The van der Waals surface area contributed by atoms with Gasteiger partial charge in [-0.05, 0) is 39.2 Å². The van der Waals surface area contributed by atoms with Gasteiger partial charge in [0.2, 0.25) is 0 Å². The van der Waals surface area contributed by atoms with Gasteiger partial charge >= 0.3 is 5.97 Å². The lowest BCUT2D eigenvalue weighted by atomic mass is 9.73. The highest BCUT2D eigenvalue weighted by Gasteiger charge is 2.47. The molecule has 0 radical (unpaired) electrons. The SMILES string of the molecule is CC[N+](CC)(CC)CCCOC(=O)C(O)(c1ccccc1)C1CCCCC1.[Cl-]. The Balaban J connectivity index is 0.00000392. The fourth-order valence-electron chi connectivity index (χ4n) is 4.55. The molecule has 0 bridgehead atoms. The number of aliphatic hydroxyl groups is 1. The molecule has 1 N–H and O–H groups in total. The van der Waals surface area contributed by atoms with Crippen molar-refractivity contribution in [3.05, 3.63) is 35.9 Å². The number of halogens is 1. The summed E-state index contributed by atoms with van der Waals surface area (Å²) in [7, 11) is 0. The van der Waals surface area contributed by atoms with E-state index in [0.29, 0.717) is 12.2 Å². The zero-order valence-corrected chi connectivity index (χ0v) is 18.6. The maximum absolute atomic E-state index is 13.0. The number of carbonyl (C=O) groups excluding carboxylic acids is 1. The van der Waals surface area contributed by atoms with Gasteiger partial charge in [-0.3, -0.25) is 0 Å². The van der Waals surface area contributed by atoms with E-state index in [1.54, 1.807) is 0 Å². The van der Waals surface area contributed by atoms with Gasteiger partial charge in [0.1, 0.15) is 0 Å². The molecular formula is C23H38ClNO3. The second-order valence-corrected chi connectivity index (χ2v) is 7.97. The van der Waals surface area contributed by atoms with Crippen LogP contribution < -0.4 is 12.4 Å². The van der Waals surface area contributed by atoms with E-state index >= 15 is 0 Å². The monoisotopic (exact) mass is 411 g/mol. The zero-order chi connectivity index (χ0) is 19.8. The molecule has 1 fully saturated rings. The molecule has 1 aromatic carbocycles. The molecular weight excluding hydrogens is 374 g/mol. The van der Waals surface area contributed by atoms with E-state index in [2.05, 4.69) is 20.8 Å². The summed E-state index contributed by atoms with van der Waals surface area (Å²) in [6.45, 7) is 11.3. The summed E-state index contributed by atoms with van der Waals surface area (Å²) in [4.78, 5) is 13.0. The van der Waals surface area contributed by atoms with Crippen molar-refractivity contribution < 1.29 is 31.5 Å². The summed E-state index contributed by atoms with van der Waals surface area (Å²) in [6.07, 6.45) is 5.90. The standard InChI is InChI=1S/C23H38NO3.ClH/c1-4-24(5-2,6-3)18-13-19-27-22(25)23(26,20-14-9-7-10-15-20)21-16-11-8-12-17-21;/h7,9-10,14-15,21,26H,4-6,8,11-13,16-19H2,1-3H3;1H/q+1;/p-1. The summed E-state index contributed by atoms with van der Waals surface area (Å²) >= 11 is 0. The lowest BCUT2D eigenvalue weighted by Gasteiger charge is -2.37. The third-order valence-electron chi connectivity index (χ3n) is 6.74. The molecule has 1 saturated carbocycles. The Bertz CT molecular complexity index is 562. The number of carbonyl (C=O) groups is 1. The first-order valence-corrected chi connectivity index (χ1v) is 10.8. The van der Waals surface area contributed by atoms with Crippen molar-refractivity contribution in [3.8, 4) is 0 Å². The summed E-state index contributed by atoms with van der Waals surface area (Å²) in [5.41, 5.74) is -0.851. The van der Waals surface area contributed by atoms with Crippen LogP contribution in [0.1, 0.15) is 64.9 Å². The van der Waals surface area contributed by atoms with Gasteiger partial charge in [0.15, 0.2) is 5.60 Å². The number of hydrogen-bond acceptors (Lipinski definition) is 3. The topological polar surface area (TPSA) is 46.5 Å². The molecule has 0 amide bonds. The van der Waals surface area contributed by atoms with Crippen molar-refractivity contribution in [2.24, 2.45) is 5.92 Å². The van der Waals surface area contributed by atoms with E-state index in [9.17, 15) is 9.90 Å². The van der Waals surface area contributed by atoms with Gasteiger partial charge in [-0.1, -0.05) is 49.6 Å². The fourth-order valence-corrected chi connectivity index (χ4v) is 4.55. The Hall–Kier alpha value is -1.10. The maximum Gasteiger partial charge on any atom is 0.343 e. The highest BCUT2D eigenvalue weighted by atomic mass is 35.5. The molecule has 4 nitrogen and oxygen atoms in total. The van der Waals surface area contributed by atoms with Gasteiger partial charge in [-0.25, -0.2) is 4.79 Å². The second kappa shape index (κ2) is 11.8. The third-order valence-corrected chi connectivity index (χ3v) is 6.74. The van der Waals surface area contributed by atoms with Crippen molar-refractivity contribution in [2.45, 2.75) is 64.9 Å². The van der Waals surface area contributed by atoms with Gasteiger partial charge < -0.3 is 26.7 Å². The highest BCUT2D eigenvalue weighted by Crippen LogP contribution is 2.40. The molecule has 28 heavy (non-hydrogen) atoms. The van der Waals surface area contributed by atoms with Crippen LogP contribution in [0, 0.1) is 5.92 Å². The van der Waals surface area contributed by atoms with Crippen LogP contribution in [0.2, 0.25) is 0 Å². The van der Waals surface area contributed by atoms with E-state index in [4.69, 9.17) is 4.74 Å². The number of rotatable bonds is 10. The lowest BCUT2D eigenvalue weighted by molar-refractivity contribution is -0.923. The summed E-state index contributed by atoms with van der Waals surface area (Å²) in [5, 5.41) is 11.5. The minimum Gasteiger partial charge on any atom is -1.00 e. The number of quaternary nitrogens is 1. The molecule has 1 aromatic rings. The van der Waals surface area contributed by atoms with Gasteiger partial charge in [0.25, 0.3) is 0 Å². The normalized spacial score (nSPS) is 17.4. The number of hydrogen-bond donors (Lipinski definition) is 1. The molecule has 5 heteroatoms. The Morgan fingerprint density at radius 2 is 1.64 bits per heavy atom. The number of nitrogens with zero attached hydrogens (tertiary/aromatic N) is 1. The average Bonchev–Trinajstić information content (AvgIpc) is 2.75. The Labute approximate surface area is 177 Å². The predicted molar refractivity (Wildman–Crippen MR) is 109 cm³/mol. The van der Waals surface area contributed by atoms with Crippen molar-refractivity contribution in [1.82, 2.24) is 0 Å². The molecule has 0 aliphatic heterocycles. The maximum atomic E-state index is 13.0. The Morgan fingerprint density at radius 3 is 2.18 bits per heavy atom. The van der Waals surface area contributed by atoms with Crippen LogP contribution >= 0.6 is 0 Å². The van der Waals surface area contributed by atoms with Crippen LogP contribution in [0.3, 0.4) is 0 Å². The predicted octanol–water partition coefficient (Wildman–Crippen LogP) is 1.27. The van der Waals surface area contributed by atoms with Crippen molar-refractivity contribution in [1.29, 1.82) is 0 Å². The number of benzene rings is 1. The molecule has 1 atom stereocenters. The van der Waals surface area contributed by atoms with E-state index < -0.39 is 11.6 Å². The Morgan fingerprint density at radius 1 is 1.07 bits per heavy atom. The first kappa shape index (κ1) is 24.9. The molecule has 160 valence electrons. The first-order valence-electron chi connectivity index (χ1n) is 10.8. The fraction of sp³-hybridized carbons (Fsp3) is 0.696.